The highest BCUT2D eigenvalue weighted by atomic mass is 32.2. The number of amides is 1. The van der Waals surface area contributed by atoms with Crippen molar-refractivity contribution in [3.8, 4) is 5.75 Å². The molecule has 27 heavy (non-hydrogen) atoms. The Balaban J connectivity index is 2.63. The number of hydrogen-bond acceptors (Lipinski definition) is 7. The van der Waals surface area contributed by atoms with Crippen LogP contribution in [0, 0.1) is 0 Å². The number of alkyl halides is 4. The van der Waals surface area contributed by atoms with Crippen molar-refractivity contribution in [3.05, 3.63) is 36.9 Å². The van der Waals surface area contributed by atoms with Gasteiger partial charge in [-0.15, -0.1) is 0 Å². The number of hydrogen-bond donors (Lipinski definition) is 1. The van der Waals surface area contributed by atoms with Gasteiger partial charge >= 0.3 is 23.2 Å². The topological polar surface area (TPSA) is 122 Å². The second-order valence-corrected chi connectivity index (χ2v) is 6.26. The zero-order chi connectivity index (χ0) is 20.9. The van der Waals surface area contributed by atoms with Crippen LogP contribution in [0.1, 0.15) is 6.42 Å². The highest BCUT2D eigenvalue weighted by molar-refractivity contribution is 7.86. The van der Waals surface area contributed by atoms with E-state index in [1.54, 1.807) is 0 Å². The van der Waals surface area contributed by atoms with Gasteiger partial charge in [0.05, 0.1) is 13.0 Å². The first-order valence-electron chi connectivity index (χ1n) is 6.89. The van der Waals surface area contributed by atoms with Crippen molar-refractivity contribution in [2.75, 3.05) is 11.9 Å². The summed E-state index contributed by atoms with van der Waals surface area (Å²) >= 11 is 0. The summed E-state index contributed by atoms with van der Waals surface area (Å²) in [4.78, 5) is 22.5. The molecule has 1 N–H and O–H groups in total. The van der Waals surface area contributed by atoms with E-state index in [1.807, 2.05) is 5.32 Å². The van der Waals surface area contributed by atoms with Crippen molar-refractivity contribution in [1.82, 2.24) is 0 Å². The number of ether oxygens (including phenoxy) is 2. The number of anilines is 1. The lowest BCUT2D eigenvalue weighted by Gasteiger charge is -2.28. The van der Waals surface area contributed by atoms with Gasteiger partial charge in [0.1, 0.15) is 5.75 Å². The molecule has 1 rings (SSSR count). The van der Waals surface area contributed by atoms with Gasteiger partial charge in [-0.3, -0.25) is 5.32 Å². The van der Waals surface area contributed by atoms with E-state index in [1.165, 1.54) is 18.2 Å². The molecule has 0 spiro atoms. The van der Waals surface area contributed by atoms with Crippen molar-refractivity contribution in [2.45, 2.75) is 17.6 Å². The van der Waals surface area contributed by atoms with Gasteiger partial charge in [0.15, 0.2) is 10.1 Å². The smallest absolute Gasteiger partial charge is 0.411 e. The molecular formula is C14H12F4NO7S-. The SMILES string of the molecule is C=CC(=O)Oc1cccc(NC(=O)OCCC(F)(F)C(F)(F)S(=O)(=O)[O-])c1. The van der Waals surface area contributed by atoms with Gasteiger partial charge in [0, 0.05) is 17.8 Å². The Labute approximate surface area is 150 Å². The Morgan fingerprint density at radius 2 is 1.89 bits per heavy atom. The van der Waals surface area contributed by atoms with E-state index in [4.69, 9.17) is 4.74 Å². The van der Waals surface area contributed by atoms with E-state index in [2.05, 4.69) is 11.3 Å². The fourth-order valence-corrected chi connectivity index (χ4v) is 2.02. The van der Waals surface area contributed by atoms with Crippen molar-refractivity contribution >= 4 is 27.9 Å². The number of nitrogens with one attached hydrogen (secondary N) is 1. The standard InChI is InChI=1S/C14H13F4NO7S/c1-2-11(20)26-10-5-3-4-9(8-10)19-12(21)25-7-6-13(15,16)14(17,18)27(22,23)24/h2-5,8H,1,6-7H2,(H,19,21)(H,22,23,24)/p-1. The molecule has 150 valence electrons. The monoisotopic (exact) mass is 414 g/mol. The predicted molar refractivity (Wildman–Crippen MR) is 81.5 cm³/mol. The van der Waals surface area contributed by atoms with Crippen LogP contribution in [0.4, 0.5) is 28.0 Å². The Morgan fingerprint density at radius 1 is 1.26 bits per heavy atom. The molecule has 1 aromatic rings. The minimum Gasteiger partial charge on any atom is -0.743 e. The summed E-state index contributed by atoms with van der Waals surface area (Å²) in [5.41, 5.74) is 0.00795. The normalized spacial score (nSPS) is 12.2. The molecule has 0 aliphatic heterocycles. The maximum atomic E-state index is 13.2. The van der Waals surface area contributed by atoms with Crippen molar-refractivity contribution < 1.29 is 49.6 Å². The molecule has 0 aliphatic carbocycles. The molecule has 0 saturated carbocycles. The van der Waals surface area contributed by atoms with Crippen LogP contribution in [0.15, 0.2) is 36.9 Å². The first-order valence-corrected chi connectivity index (χ1v) is 8.30. The first kappa shape index (κ1) is 22.4. The number of rotatable bonds is 8. The zero-order valence-electron chi connectivity index (χ0n) is 13.3. The molecule has 0 aromatic heterocycles. The molecule has 1 aromatic carbocycles. The van der Waals surface area contributed by atoms with Gasteiger partial charge in [-0.05, 0) is 12.1 Å². The average molecular weight is 414 g/mol. The third-order valence-corrected chi connectivity index (χ3v) is 3.78. The molecule has 0 radical (unpaired) electrons. The number of benzene rings is 1. The average Bonchev–Trinajstić information content (AvgIpc) is 2.53. The summed E-state index contributed by atoms with van der Waals surface area (Å²) in [6.45, 7) is 1.87. The van der Waals surface area contributed by atoms with Crippen LogP contribution in [0.2, 0.25) is 0 Å². The number of esters is 1. The summed E-state index contributed by atoms with van der Waals surface area (Å²) in [5.74, 6) is -6.03. The van der Waals surface area contributed by atoms with Gasteiger partial charge < -0.3 is 14.0 Å². The van der Waals surface area contributed by atoms with Crippen molar-refractivity contribution in [1.29, 1.82) is 0 Å². The molecule has 0 unspecified atom stereocenters. The first-order chi connectivity index (χ1) is 12.3. The third kappa shape index (κ3) is 5.92. The van der Waals surface area contributed by atoms with Crippen LogP contribution in [-0.4, -0.2) is 42.8 Å². The predicted octanol–water partition coefficient (Wildman–Crippen LogP) is 2.49. The Morgan fingerprint density at radius 3 is 2.44 bits per heavy atom. The number of carbonyl (C=O) groups excluding carboxylic acids is 2. The summed E-state index contributed by atoms with van der Waals surface area (Å²) in [6.07, 6.45) is -2.37. The number of halogens is 4. The largest absolute Gasteiger partial charge is 0.743 e. The zero-order valence-corrected chi connectivity index (χ0v) is 14.1. The lowest BCUT2D eigenvalue weighted by atomic mass is 10.2. The van der Waals surface area contributed by atoms with Crippen LogP contribution in [0.3, 0.4) is 0 Å². The minimum atomic E-state index is -6.61. The maximum Gasteiger partial charge on any atom is 0.411 e. The molecule has 13 heteroatoms. The van der Waals surface area contributed by atoms with Crippen LogP contribution >= 0.6 is 0 Å². The summed E-state index contributed by atoms with van der Waals surface area (Å²) < 4.78 is 91.8. The molecular weight excluding hydrogens is 402 g/mol. The molecule has 0 bridgehead atoms. The fourth-order valence-electron chi connectivity index (χ4n) is 1.55. The lowest BCUT2D eigenvalue weighted by Crippen LogP contribution is -2.47. The summed E-state index contributed by atoms with van der Waals surface area (Å²) in [6, 6.07) is 5.17. The maximum absolute atomic E-state index is 13.2. The van der Waals surface area contributed by atoms with Gasteiger partial charge in [0.25, 0.3) is 0 Å². The lowest BCUT2D eigenvalue weighted by molar-refractivity contribution is -0.168. The van der Waals surface area contributed by atoms with E-state index in [-0.39, 0.29) is 11.4 Å². The van der Waals surface area contributed by atoms with E-state index < -0.39 is 46.4 Å². The molecule has 0 heterocycles. The van der Waals surface area contributed by atoms with Crippen LogP contribution in [0.25, 0.3) is 0 Å². The molecule has 0 atom stereocenters. The van der Waals surface area contributed by atoms with Crippen LogP contribution in [0.5, 0.6) is 5.75 Å². The Kier molecular flexibility index (Phi) is 6.92. The second-order valence-electron chi connectivity index (χ2n) is 4.84. The third-order valence-electron chi connectivity index (χ3n) is 2.85. The second kappa shape index (κ2) is 8.35. The van der Waals surface area contributed by atoms with E-state index >= 15 is 0 Å². The number of carbonyl (C=O) groups is 2. The molecule has 0 fully saturated rings. The van der Waals surface area contributed by atoms with Crippen LogP contribution in [-0.2, 0) is 19.6 Å². The van der Waals surface area contributed by atoms with E-state index in [0.29, 0.717) is 0 Å². The Bertz CT molecular complexity index is 827. The molecule has 1 amide bonds. The quantitative estimate of drug-likeness (QED) is 0.228. The summed E-state index contributed by atoms with van der Waals surface area (Å²) in [7, 11) is -6.61. The van der Waals surface area contributed by atoms with E-state index in [0.717, 1.165) is 12.1 Å². The van der Waals surface area contributed by atoms with Gasteiger partial charge in [-0.1, -0.05) is 12.6 Å². The van der Waals surface area contributed by atoms with Gasteiger partial charge in [-0.2, -0.15) is 17.6 Å². The summed E-state index contributed by atoms with van der Waals surface area (Å²) in [5, 5.41) is -3.82. The highest BCUT2D eigenvalue weighted by Crippen LogP contribution is 2.40. The fraction of sp³-hybridized carbons (Fsp3) is 0.286. The van der Waals surface area contributed by atoms with Gasteiger partial charge in [0.2, 0.25) is 0 Å². The Hall–Kier alpha value is -2.67. The van der Waals surface area contributed by atoms with Crippen molar-refractivity contribution in [3.63, 3.8) is 0 Å². The minimum absolute atomic E-state index is 0.00419. The van der Waals surface area contributed by atoms with Gasteiger partial charge in [-0.25, -0.2) is 18.0 Å². The van der Waals surface area contributed by atoms with E-state index in [9.17, 15) is 40.1 Å². The van der Waals surface area contributed by atoms with Crippen LogP contribution < -0.4 is 10.1 Å². The molecule has 8 nitrogen and oxygen atoms in total. The molecule has 0 saturated heterocycles. The van der Waals surface area contributed by atoms with Crippen molar-refractivity contribution in [2.24, 2.45) is 0 Å². The molecule has 0 aliphatic rings. The highest BCUT2D eigenvalue weighted by Gasteiger charge is 2.61.